The Hall–Kier alpha value is -1.31. The lowest BCUT2D eigenvalue weighted by Gasteiger charge is -2.12. The molecule has 160 valence electrons. The Labute approximate surface area is 175 Å². The predicted octanol–water partition coefficient (Wildman–Crippen LogP) is 7.48. The number of hydrogen-bond acceptors (Lipinski definition) is 1. The van der Waals surface area contributed by atoms with Crippen LogP contribution in [0.15, 0.2) is 18.2 Å². The van der Waals surface area contributed by atoms with Gasteiger partial charge < -0.3 is 5.21 Å². The first-order chi connectivity index (χ1) is 13.4. The molecular formula is C26H45NO. The molecule has 0 bridgehead atoms. The number of hydrogen-bond donors (Lipinski definition) is 0. The SMILES string of the molecule is CCCCCCCCCC(C)C[N+]([O-])=CCCc1ccc(CC(C)C)cc1C. The van der Waals surface area contributed by atoms with E-state index in [1.165, 1.54) is 72.8 Å². The molecule has 0 aliphatic heterocycles. The number of aryl methyl sites for hydroxylation is 2. The van der Waals surface area contributed by atoms with Gasteiger partial charge in [-0.3, -0.25) is 0 Å². The van der Waals surface area contributed by atoms with Crippen LogP contribution >= 0.6 is 0 Å². The summed E-state index contributed by atoms with van der Waals surface area (Å²) in [5, 5.41) is 12.2. The Morgan fingerprint density at radius 2 is 1.68 bits per heavy atom. The normalized spacial score (nSPS) is 13.3. The zero-order chi connectivity index (χ0) is 20.8. The third-order valence-electron chi connectivity index (χ3n) is 5.59. The quantitative estimate of drug-likeness (QED) is 0.101. The lowest BCUT2D eigenvalue weighted by atomic mass is 9.97. The summed E-state index contributed by atoms with van der Waals surface area (Å²) in [5.41, 5.74) is 4.15. The van der Waals surface area contributed by atoms with Gasteiger partial charge in [-0.2, -0.15) is 0 Å². The highest BCUT2D eigenvalue weighted by atomic mass is 16.5. The Balaban J connectivity index is 2.25. The monoisotopic (exact) mass is 387 g/mol. The Bertz CT molecular complexity index is 562. The van der Waals surface area contributed by atoms with Crippen LogP contribution in [0.2, 0.25) is 0 Å². The first kappa shape index (κ1) is 24.7. The number of rotatable bonds is 15. The minimum atomic E-state index is 0.487. The standard InChI is InChI=1S/C26H45NO/c1-6-7-8-9-10-11-12-14-23(4)21-27(28)18-13-15-26-17-16-25(19-22(2)3)20-24(26)5/h16-18,20,22-23H,6-15,19,21H2,1-5H3. The van der Waals surface area contributed by atoms with Gasteiger partial charge in [0, 0.05) is 12.3 Å². The largest absolute Gasteiger partial charge is 0.624 e. The van der Waals surface area contributed by atoms with E-state index in [1.54, 1.807) is 0 Å². The van der Waals surface area contributed by atoms with Crippen molar-refractivity contribution >= 4 is 6.21 Å². The number of nitrogens with zero attached hydrogens (tertiary/aromatic N) is 1. The minimum absolute atomic E-state index is 0.487. The molecule has 1 rings (SSSR count). The van der Waals surface area contributed by atoms with E-state index in [9.17, 15) is 5.21 Å². The number of hydroxylamine groups is 1. The molecule has 1 aromatic carbocycles. The molecule has 0 radical (unpaired) electrons. The van der Waals surface area contributed by atoms with Crippen LogP contribution in [0.25, 0.3) is 0 Å². The molecule has 1 aromatic rings. The molecule has 0 saturated carbocycles. The third-order valence-corrected chi connectivity index (χ3v) is 5.59. The molecule has 2 nitrogen and oxygen atoms in total. The molecule has 0 heterocycles. The summed E-state index contributed by atoms with van der Waals surface area (Å²) in [6.07, 6.45) is 15.3. The van der Waals surface area contributed by atoms with E-state index in [0.717, 1.165) is 19.3 Å². The number of benzene rings is 1. The van der Waals surface area contributed by atoms with Crippen molar-refractivity contribution in [2.24, 2.45) is 11.8 Å². The van der Waals surface area contributed by atoms with Crippen LogP contribution in [-0.4, -0.2) is 17.5 Å². The lowest BCUT2D eigenvalue weighted by Crippen LogP contribution is -2.15. The highest BCUT2D eigenvalue weighted by Crippen LogP contribution is 2.16. The van der Waals surface area contributed by atoms with E-state index in [2.05, 4.69) is 52.8 Å². The van der Waals surface area contributed by atoms with E-state index < -0.39 is 0 Å². The van der Waals surface area contributed by atoms with Gasteiger partial charge in [-0.05, 0) is 48.8 Å². The molecule has 2 heteroatoms. The lowest BCUT2D eigenvalue weighted by molar-refractivity contribution is -0.462. The van der Waals surface area contributed by atoms with Gasteiger partial charge in [0.05, 0.1) is 0 Å². The molecule has 0 amide bonds. The summed E-state index contributed by atoms with van der Waals surface area (Å²) in [7, 11) is 0. The molecule has 0 N–H and O–H groups in total. The van der Waals surface area contributed by atoms with Gasteiger partial charge in [0.1, 0.15) is 0 Å². The maximum atomic E-state index is 12.2. The van der Waals surface area contributed by atoms with E-state index >= 15 is 0 Å². The highest BCUT2D eigenvalue weighted by Gasteiger charge is 2.07. The van der Waals surface area contributed by atoms with Crippen LogP contribution in [0, 0.1) is 24.0 Å². The molecule has 0 spiro atoms. The van der Waals surface area contributed by atoms with Crippen molar-refractivity contribution in [3.63, 3.8) is 0 Å². The van der Waals surface area contributed by atoms with Gasteiger partial charge in [-0.15, -0.1) is 0 Å². The Kier molecular flexibility index (Phi) is 12.9. The summed E-state index contributed by atoms with van der Waals surface area (Å²) < 4.78 is 1.17. The van der Waals surface area contributed by atoms with Crippen LogP contribution in [0.3, 0.4) is 0 Å². The third kappa shape index (κ3) is 11.5. The van der Waals surface area contributed by atoms with Crippen LogP contribution in [0.5, 0.6) is 0 Å². The topological polar surface area (TPSA) is 26.1 Å². The summed E-state index contributed by atoms with van der Waals surface area (Å²) in [6, 6.07) is 6.81. The van der Waals surface area contributed by atoms with E-state index in [0.29, 0.717) is 18.4 Å². The Morgan fingerprint density at radius 3 is 2.32 bits per heavy atom. The van der Waals surface area contributed by atoms with Gasteiger partial charge in [-0.1, -0.05) is 90.8 Å². The van der Waals surface area contributed by atoms with Crippen molar-refractivity contribution in [2.75, 3.05) is 6.54 Å². The maximum absolute atomic E-state index is 12.2. The Morgan fingerprint density at radius 1 is 1.00 bits per heavy atom. The second kappa shape index (κ2) is 14.7. The first-order valence-electron chi connectivity index (χ1n) is 11.8. The summed E-state index contributed by atoms with van der Waals surface area (Å²) in [4.78, 5) is 0. The molecular weight excluding hydrogens is 342 g/mol. The second-order valence-electron chi connectivity index (χ2n) is 9.19. The zero-order valence-corrected chi connectivity index (χ0v) is 19.3. The number of unbranched alkanes of at least 4 members (excludes halogenated alkanes) is 6. The van der Waals surface area contributed by atoms with E-state index in [1.807, 2.05) is 6.21 Å². The zero-order valence-electron chi connectivity index (χ0n) is 19.3. The van der Waals surface area contributed by atoms with Crippen molar-refractivity contribution < 1.29 is 4.74 Å². The van der Waals surface area contributed by atoms with Crippen LogP contribution in [-0.2, 0) is 12.8 Å². The highest BCUT2D eigenvalue weighted by molar-refractivity contribution is 5.52. The van der Waals surface area contributed by atoms with Crippen LogP contribution in [0.1, 0.15) is 102 Å². The smallest absolute Gasteiger partial charge is 0.155 e. The van der Waals surface area contributed by atoms with Crippen molar-refractivity contribution in [2.45, 2.75) is 105 Å². The maximum Gasteiger partial charge on any atom is 0.155 e. The second-order valence-corrected chi connectivity index (χ2v) is 9.19. The van der Waals surface area contributed by atoms with Gasteiger partial charge >= 0.3 is 0 Å². The summed E-state index contributed by atoms with van der Waals surface area (Å²) in [6.45, 7) is 11.8. The van der Waals surface area contributed by atoms with Crippen LogP contribution < -0.4 is 0 Å². The van der Waals surface area contributed by atoms with Gasteiger partial charge in [-0.25, -0.2) is 4.74 Å². The predicted molar refractivity (Wildman–Crippen MR) is 124 cm³/mol. The van der Waals surface area contributed by atoms with Crippen molar-refractivity contribution in [3.05, 3.63) is 40.1 Å². The van der Waals surface area contributed by atoms with Crippen molar-refractivity contribution in [1.29, 1.82) is 0 Å². The minimum Gasteiger partial charge on any atom is -0.624 e. The van der Waals surface area contributed by atoms with E-state index in [4.69, 9.17) is 0 Å². The molecule has 28 heavy (non-hydrogen) atoms. The average Bonchev–Trinajstić information content (AvgIpc) is 2.62. The van der Waals surface area contributed by atoms with Crippen LogP contribution in [0.4, 0.5) is 0 Å². The molecule has 1 unspecified atom stereocenters. The average molecular weight is 388 g/mol. The molecule has 0 aromatic heterocycles. The molecule has 0 fully saturated rings. The van der Waals surface area contributed by atoms with Gasteiger partial charge in [0.2, 0.25) is 0 Å². The van der Waals surface area contributed by atoms with Crippen molar-refractivity contribution in [3.8, 4) is 0 Å². The molecule has 0 aliphatic carbocycles. The van der Waals surface area contributed by atoms with Gasteiger partial charge in [0.15, 0.2) is 12.8 Å². The van der Waals surface area contributed by atoms with E-state index in [-0.39, 0.29) is 0 Å². The summed E-state index contributed by atoms with van der Waals surface area (Å²) in [5.74, 6) is 1.18. The van der Waals surface area contributed by atoms with Crippen molar-refractivity contribution in [1.82, 2.24) is 0 Å². The molecule has 0 saturated heterocycles. The molecule has 1 atom stereocenters. The first-order valence-corrected chi connectivity index (χ1v) is 11.8. The molecule has 0 aliphatic rings. The summed E-state index contributed by atoms with van der Waals surface area (Å²) >= 11 is 0. The fraction of sp³-hybridized carbons (Fsp3) is 0.731. The fourth-order valence-corrected chi connectivity index (χ4v) is 3.92. The van der Waals surface area contributed by atoms with Gasteiger partial charge in [0.25, 0.3) is 0 Å². The fourth-order valence-electron chi connectivity index (χ4n) is 3.92.